The summed E-state index contributed by atoms with van der Waals surface area (Å²) in [5.41, 5.74) is 1.62. The molecule has 2 rings (SSSR count). The number of nitrogens with zero attached hydrogens (tertiary/aromatic N) is 1. The standard InChI is InChI=1S/C15H16N2O3S/c1-9(10(2)15(19)20)13(18)17-12-5-3-11(4-6-12)14-16-7-8-21-14/h3-10H,1-2H3,(H,17,18)(H,19,20). The van der Waals surface area contributed by atoms with Crippen LogP contribution < -0.4 is 5.32 Å². The average molecular weight is 304 g/mol. The van der Waals surface area contributed by atoms with Crippen molar-refractivity contribution in [2.45, 2.75) is 13.8 Å². The zero-order chi connectivity index (χ0) is 15.4. The molecule has 21 heavy (non-hydrogen) atoms. The lowest BCUT2D eigenvalue weighted by Gasteiger charge is -2.15. The van der Waals surface area contributed by atoms with Crippen LogP contribution in [0.2, 0.25) is 0 Å². The van der Waals surface area contributed by atoms with Gasteiger partial charge in [0.15, 0.2) is 0 Å². The van der Waals surface area contributed by atoms with Gasteiger partial charge < -0.3 is 10.4 Å². The molecule has 5 nitrogen and oxygen atoms in total. The van der Waals surface area contributed by atoms with Gasteiger partial charge in [-0.15, -0.1) is 11.3 Å². The fourth-order valence-electron chi connectivity index (χ4n) is 1.76. The molecular weight excluding hydrogens is 288 g/mol. The lowest BCUT2D eigenvalue weighted by Crippen LogP contribution is -2.29. The highest BCUT2D eigenvalue weighted by Gasteiger charge is 2.25. The van der Waals surface area contributed by atoms with Crippen molar-refractivity contribution in [1.82, 2.24) is 4.98 Å². The van der Waals surface area contributed by atoms with Crippen LogP contribution in [0.5, 0.6) is 0 Å². The Morgan fingerprint density at radius 2 is 1.86 bits per heavy atom. The molecule has 2 aromatic rings. The van der Waals surface area contributed by atoms with Crippen molar-refractivity contribution in [1.29, 1.82) is 0 Å². The van der Waals surface area contributed by atoms with Crippen LogP contribution in [-0.2, 0) is 9.59 Å². The molecule has 110 valence electrons. The number of carbonyl (C=O) groups is 2. The first kappa shape index (κ1) is 15.2. The number of anilines is 1. The minimum atomic E-state index is -0.975. The first-order valence-corrected chi connectivity index (χ1v) is 7.40. The number of aromatic nitrogens is 1. The number of aliphatic carboxylic acids is 1. The van der Waals surface area contributed by atoms with Gasteiger partial charge in [-0.05, 0) is 24.3 Å². The number of hydrogen-bond donors (Lipinski definition) is 2. The Morgan fingerprint density at radius 3 is 2.38 bits per heavy atom. The molecule has 0 bridgehead atoms. The Morgan fingerprint density at radius 1 is 1.19 bits per heavy atom. The number of nitrogens with one attached hydrogen (secondary N) is 1. The fraction of sp³-hybridized carbons (Fsp3) is 0.267. The molecule has 2 unspecified atom stereocenters. The van der Waals surface area contributed by atoms with E-state index in [-0.39, 0.29) is 5.91 Å². The third-order valence-corrected chi connectivity index (χ3v) is 4.21. The number of hydrogen-bond acceptors (Lipinski definition) is 4. The normalized spacial score (nSPS) is 13.4. The Bertz CT molecular complexity index is 623. The number of benzene rings is 1. The largest absolute Gasteiger partial charge is 0.481 e. The molecule has 0 aliphatic rings. The molecule has 6 heteroatoms. The molecule has 1 amide bonds. The Balaban J connectivity index is 2.03. The fourth-order valence-corrected chi connectivity index (χ4v) is 2.40. The summed E-state index contributed by atoms with van der Waals surface area (Å²) in [5.74, 6) is -2.59. The second-order valence-electron chi connectivity index (χ2n) is 4.82. The van der Waals surface area contributed by atoms with Crippen molar-refractivity contribution in [2.75, 3.05) is 5.32 Å². The first-order valence-electron chi connectivity index (χ1n) is 6.52. The van der Waals surface area contributed by atoms with Crippen LogP contribution in [0.1, 0.15) is 13.8 Å². The first-order chi connectivity index (χ1) is 9.99. The predicted molar refractivity (Wildman–Crippen MR) is 82.1 cm³/mol. The monoisotopic (exact) mass is 304 g/mol. The van der Waals surface area contributed by atoms with Gasteiger partial charge in [0, 0.05) is 28.7 Å². The predicted octanol–water partition coefficient (Wildman–Crippen LogP) is 3.11. The summed E-state index contributed by atoms with van der Waals surface area (Å²) in [6.45, 7) is 3.14. The minimum absolute atomic E-state index is 0.299. The zero-order valence-corrected chi connectivity index (χ0v) is 12.6. The van der Waals surface area contributed by atoms with Crippen LogP contribution in [-0.4, -0.2) is 22.0 Å². The van der Waals surface area contributed by atoms with Gasteiger partial charge in [-0.2, -0.15) is 0 Å². The maximum absolute atomic E-state index is 12.0. The molecule has 0 aliphatic heterocycles. The molecule has 2 N–H and O–H groups in total. The van der Waals surface area contributed by atoms with E-state index in [0.29, 0.717) is 5.69 Å². The van der Waals surface area contributed by atoms with Gasteiger partial charge in [0.25, 0.3) is 0 Å². The van der Waals surface area contributed by atoms with E-state index in [2.05, 4.69) is 10.3 Å². The van der Waals surface area contributed by atoms with Gasteiger partial charge in [-0.1, -0.05) is 13.8 Å². The van der Waals surface area contributed by atoms with E-state index in [0.717, 1.165) is 10.6 Å². The van der Waals surface area contributed by atoms with E-state index < -0.39 is 17.8 Å². The second kappa shape index (κ2) is 6.49. The second-order valence-corrected chi connectivity index (χ2v) is 5.71. The molecule has 0 saturated carbocycles. The van der Waals surface area contributed by atoms with E-state index in [4.69, 9.17) is 5.11 Å². The molecule has 0 radical (unpaired) electrons. The molecule has 1 heterocycles. The summed E-state index contributed by atoms with van der Waals surface area (Å²) in [5, 5.41) is 14.5. The highest BCUT2D eigenvalue weighted by Crippen LogP contribution is 2.23. The molecule has 1 aromatic heterocycles. The zero-order valence-electron chi connectivity index (χ0n) is 11.7. The SMILES string of the molecule is CC(C(=O)O)C(C)C(=O)Nc1ccc(-c2nccs2)cc1. The van der Waals surface area contributed by atoms with E-state index in [1.165, 1.54) is 6.92 Å². The van der Waals surface area contributed by atoms with Crippen molar-refractivity contribution < 1.29 is 14.7 Å². The Hall–Kier alpha value is -2.21. The molecule has 1 aromatic carbocycles. The van der Waals surface area contributed by atoms with Crippen molar-refractivity contribution in [3.8, 4) is 10.6 Å². The smallest absolute Gasteiger partial charge is 0.307 e. The highest BCUT2D eigenvalue weighted by molar-refractivity contribution is 7.13. The van der Waals surface area contributed by atoms with E-state index in [9.17, 15) is 9.59 Å². The maximum atomic E-state index is 12.0. The van der Waals surface area contributed by atoms with Crippen molar-refractivity contribution in [2.24, 2.45) is 11.8 Å². The summed E-state index contributed by atoms with van der Waals surface area (Å²) in [6, 6.07) is 7.32. The van der Waals surface area contributed by atoms with Crippen molar-refractivity contribution in [3.63, 3.8) is 0 Å². The number of carboxylic acid groups (broad SMARTS) is 1. The molecule has 2 atom stereocenters. The van der Waals surface area contributed by atoms with Gasteiger partial charge in [-0.25, -0.2) is 4.98 Å². The average Bonchev–Trinajstić information content (AvgIpc) is 3.00. The topological polar surface area (TPSA) is 79.3 Å². The molecular formula is C15H16N2O3S. The summed E-state index contributed by atoms with van der Waals surface area (Å²) < 4.78 is 0. The van der Waals surface area contributed by atoms with E-state index in [1.54, 1.807) is 36.6 Å². The molecule has 0 saturated heterocycles. The quantitative estimate of drug-likeness (QED) is 0.889. The van der Waals surface area contributed by atoms with E-state index >= 15 is 0 Å². The summed E-state index contributed by atoms with van der Waals surface area (Å²) in [7, 11) is 0. The van der Waals surface area contributed by atoms with Gasteiger partial charge >= 0.3 is 5.97 Å². The number of rotatable bonds is 5. The summed E-state index contributed by atoms with van der Waals surface area (Å²) in [4.78, 5) is 27.1. The van der Waals surface area contributed by atoms with Crippen molar-refractivity contribution in [3.05, 3.63) is 35.8 Å². The van der Waals surface area contributed by atoms with Gasteiger partial charge in [0.05, 0.1) is 5.92 Å². The Kier molecular flexibility index (Phi) is 4.70. The maximum Gasteiger partial charge on any atom is 0.307 e. The van der Waals surface area contributed by atoms with Gasteiger partial charge in [-0.3, -0.25) is 9.59 Å². The van der Waals surface area contributed by atoms with Crippen LogP contribution >= 0.6 is 11.3 Å². The Labute approximate surface area is 126 Å². The summed E-state index contributed by atoms with van der Waals surface area (Å²) in [6.07, 6.45) is 1.74. The molecule has 0 fully saturated rings. The molecule has 0 spiro atoms. The summed E-state index contributed by atoms with van der Waals surface area (Å²) >= 11 is 1.54. The van der Waals surface area contributed by atoms with Crippen LogP contribution in [0.3, 0.4) is 0 Å². The number of carboxylic acids is 1. The number of amides is 1. The highest BCUT2D eigenvalue weighted by atomic mass is 32.1. The third kappa shape index (κ3) is 3.66. The third-order valence-electron chi connectivity index (χ3n) is 3.38. The van der Waals surface area contributed by atoms with Crippen LogP contribution in [0, 0.1) is 11.8 Å². The number of carbonyl (C=O) groups excluding carboxylic acids is 1. The van der Waals surface area contributed by atoms with Crippen molar-refractivity contribution >= 4 is 28.9 Å². The van der Waals surface area contributed by atoms with E-state index in [1.807, 2.05) is 17.5 Å². The van der Waals surface area contributed by atoms with Crippen LogP contribution in [0.4, 0.5) is 5.69 Å². The lowest BCUT2D eigenvalue weighted by atomic mass is 9.95. The lowest BCUT2D eigenvalue weighted by molar-refractivity contribution is -0.145. The molecule has 0 aliphatic carbocycles. The number of thiazole rings is 1. The van der Waals surface area contributed by atoms with Crippen LogP contribution in [0.15, 0.2) is 35.8 Å². The van der Waals surface area contributed by atoms with Crippen LogP contribution in [0.25, 0.3) is 10.6 Å². The van der Waals surface area contributed by atoms with Gasteiger partial charge in [0.2, 0.25) is 5.91 Å². The van der Waals surface area contributed by atoms with Gasteiger partial charge in [0.1, 0.15) is 5.01 Å². The minimum Gasteiger partial charge on any atom is -0.481 e.